The monoisotopic (exact) mass is 228 g/mol. The highest BCUT2D eigenvalue weighted by Crippen LogP contribution is 2.13. The van der Waals surface area contributed by atoms with Crippen molar-refractivity contribution in [2.75, 3.05) is 0 Å². The lowest BCUT2D eigenvalue weighted by Crippen LogP contribution is -2.46. The van der Waals surface area contributed by atoms with Crippen LogP contribution in [0.4, 0.5) is 0 Å². The molecule has 0 amide bonds. The molecule has 0 saturated heterocycles. The molecular formula is C8H12N4O2S. The van der Waals surface area contributed by atoms with E-state index in [0.29, 0.717) is 0 Å². The van der Waals surface area contributed by atoms with Crippen molar-refractivity contribution in [3.8, 4) is 0 Å². The van der Waals surface area contributed by atoms with Crippen LogP contribution < -0.4 is 11.6 Å². The fourth-order valence-corrected chi connectivity index (χ4v) is 1.92. The van der Waals surface area contributed by atoms with E-state index < -0.39 is 16.0 Å². The van der Waals surface area contributed by atoms with Gasteiger partial charge in [0, 0.05) is 0 Å². The maximum atomic E-state index is 11.7. The van der Waals surface area contributed by atoms with Crippen molar-refractivity contribution in [1.29, 1.82) is 5.41 Å². The van der Waals surface area contributed by atoms with Crippen molar-refractivity contribution in [2.24, 2.45) is 11.6 Å². The molecule has 0 aliphatic heterocycles. The first kappa shape index (κ1) is 11.5. The Morgan fingerprint density at radius 2 is 1.80 bits per heavy atom. The summed E-state index contributed by atoms with van der Waals surface area (Å²) in [4.78, 5) is 0.00537. The highest BCUT2D eigenvalue weighted by Gasteiger charge is 2.22. The molecule has 7 heteroatoms. The number of guanidine groups is 1. The van der Waals surface area contributed by atoms with Crippen molar-refractivity contribution < 1.29 is 8.42 Å². The van der Waals surface area contributed by atoms with E-state index in [1.807, 2.05) is 6.92 Å². The van der Waals surface area contributed by atoms with Crippen LogP contribution in [0, 0.1) is 12.3 Å². The molecule has 15 heavy (non-hydrogen) atoms. The van der Waals surface area contributed by atoms with Crippen LogP contribution in [0.15, 0.2) is 29.2 Å². The third-order valence-electron chi connectivity index (χ3n) is 1.82. The van der Waals surface area contributed by atoms with Gasteiger partial charge < -0.3 is 5.73 Å². The molecule has 1 aromatic carbocycles. The fraction of sp³-hybridized carbons (Fsp3) is 0.125. The molecule has 1 aromatic rings. The van der Waals surface area contributed by atoms with Gasteiger partial charge in [-0.1, -0.05) is 17.7 Å². The third kappa shape index (κ3) is 2.25. The quantitative estimate of drug-likeness (QED) is 0.280. The maximum Gasteiger partial charge on any atom is 0.280 e. The number of hydrogen-bond donors (Lipinski definition) is 3. The molecule has 0 unspecified atom stereocenters. The summed E-state index contributed by atoms with van der Waals surface area (Å²) in [6, 6.07) is 6.10. The van der Waals surface area contributed by atoms with Crippen LogP contribution in [-0.4, -0.2) is 18.8 Å². The smallest absolute Gasteiger partial charge is 0.280 e. The maximum absolute atomic E-state index is 11.7. The third-order valence-corrected chi connectivity index (χ3v) is 3.40. The summed E-state index contributed by atoms with van der Waals surface area (Å²) in [5.41, 5.74) is 5.93. The molecule has 0 heterocycles. The van der Waals surface area contributed by atoms with Gasteiger partial charge in [-0.25, -0.2) is 5.84 Å². The van der Waals surface area contributed by atoms with Crippen molar-refractivity contribution in [1.82, 2.24) is 4.41 Å². The van der Waals surface area contributed by atoms with Crippen LogP contribution in [0.1, 0.15) is 5.56 Å². The van der Waals surface area contributed by atoms with Gasteiger partial charge in [0.15, 0.2) is 0 Å². The average molecular weight is 228 g/mol. The lowest BCUT2D eigenvalue weighted by atomic mass is 10.2. The van der Waals surface area contributed by atoms with Gasteiger partial charge in [0.05, 0.1) is 4.90 Å². The number of benzene rings is 1. The first-order valence-corrected chi connectivity index (χ1v) is 5.50. The van der Waals surface area contributed by atoms with Crippen molar-refractivity contribution in [2.45, 2.75) is 11.8 Å². The predicted molar refractivity (Wildman–Crippen MR) is 56.3 cm³/mol. The van der Waals surface area contributed by atoms with E-state index in [1.54, 1.807) is 12.1 Å². The zero-order valence-electron chi connectivity index (χ0n) is 8.14. The molecular weight excluding hydrogens is 216 g/mol. The Hall–Kier alpha value is -1.60. The normalized spacial score (nSPS) is 11.1. The van der Waals surface area contributed by atoms with Crippen LogP contribution >= 0.6 is 0 Å². The Labute approximate surface area is 88.0 Å². The fourth-order valence-electron chi connectivity index (χ4n) is 0.953. The SMILES string of the molecule is Cc1ccc(S(=O)(=O)N(N)C(=N)N)cc1. The van der Waals surface area contributed by atoms with Crippen molar-refractivity contribution in [3.63, 3.8) is 0 Å². The molecule has 82 valence electrons. The topological polar surface area (TPSA) is 113 Å². The molecule has 0 fully saturated rings. The molecule has 0 saturated carbocycles. The van der Waals surface area contributed by atoms with Crippen LogP contribution in [0.5, 0.6) is 0 Å². The zero-order valence-corrected chi connectivity index (χ0v) is 8.95. The minimum atomic E-state index is -3.89. The predicted octanol–water partition coefficient (Wildman–Crippen LogP) is -0.247. The molecule has 0 radical (unpaired) electrons. The lowest BCUT2D eigenvalue weighted by molar-refractivity contribution is 0.529. The molecule has 6 nitrogen and oxygen atoms in total. The summed E-state index contributed by atoms with van der Waals surface area (Å²) in [6.07, 6.45) is 0. The van der Waals surface area contributed by atoms with Crippen LogP contribution in [-0.2, 0) is 10.0 Å². The zero-order chi connectivity index (χ0) is 11.6. The van der Waals surface area contributed by atoms with Gasteiger partial charge in [-0.05, 0) is 19.1 Å². The number of hydrogen-bond acceptors (Lipinski definition) is 4. The van der Waals surface area contributed by atoms with E-state index in [-0.39, 0.29) is 9.31 Å². The molecule has 0 bridgehead atoms. The summed E-state index contributed by atoms with van der Waals surface area (Å²) < 4.78 is 23.6. The Morgan fingerprint density at radius 3 is 2.20 bits per heavy atom. The van der Waals surface area contributed by atoms with Crippen LogP contribution in [0.3, 0.4) is 0 Å². The molecule has 5 N–H and O–H groups in total. The van der Waals surface area contributed by atoms with E-state index >= 15 is 0 Å². The largest absolute Gasteiger partial charge is 0.368 e. The summed E-state index contributed by atoms with van der Waals surface area (Å²) in [6.45, 7) is 1.83. The number of nitrogens with zero attached hydrogens (tertiary/aromatic N) is 1. The van der Waals surface area contributed by atoms with Crippen molar-refractivity contribution >= 4 is 16.0 Å². The Kier molecular flexibility index (Phi) is 2.96. The van der Waals surface area contributed by atoms with E-state index in [2.05, 4.69) is 0 Å². The van der Waals surface area contributed by atoms with Gasteiger partial charge >= 0.3 is 0 Å². The Morgan fingerprint density at radius 1 is 1.33 bits per heavy atom. The van der Waals surface area contributed by atoms with Crippen molar-refractivity contribution in [3.05, 3.63) is 29.8 Å². The summed E-state index contributed by atoms with van der Waals surface area (Å²) in [5, 5.41) is 6.95. The molecule has 0 atom stereocenters. The van der Waals surface area contributed by atoms with Gasteiger partial charge in [-0.3, -0.25) is 5.41 Å². The number of aryl methyl sites for hydroxylation is 1. The summed E-state index contributed by atoms with van der Waals surface area (Å²) in [7, 11) is -3.89. The number of sulfonamides is 1. The number of rotatable bonds is 2. The molecule has 1 rings (SSSR count). The summed E-state index contributed by atoms with van der Waals surface area (Å²) in [5.74, 6) is 4.43. The second-order valence-corrected chi connectivity index (χ2v) is 4.81. The van der Waals surface area contributed by atoms with Gasteiger partial charge in [-0.2, -0.15) is 12.8 Å². The van der Waals surface area contributed by atoms with E-state index in [0.717, 1.165) is 5.56 Å². The number of nitrogens with one attached hydrogen (secondary N) is 1. The number of nitrogens with two attached hydrogens (primary N) is 2. The second kappa shape index (κ2) is 3.87. The standard InChI is InChI=1S/C8H12N4O2S/c1-6-2-4-7(5-3-6)15(13,14)12(11)8(9)10/h2-5H,11H2,1H3,(H3,9,10). The Balaban J connectivity index is 3.17. The van der Waals surface area contributed by atoms with Gasteiger partial charge in [0.1, 0.15) is 0 Å². The van der Waals surface area contributed by atoms with Gasteiger partial charge in [0.2, 0.25) is 5.96 Å². The van der Waals surface area contributed by atoms with E-state index in [1.165, 1.54) is 12.1 Å². The molecule has 0 aliphatic rings. The first-order valence-electron chi connectivity index (χ1n) is 4.06. The van der Waals surface area contributed by atoms with Gasteiger partial charge in [0.25, 0.3) is 10.0 Å². The van der Waals surface area contributed by atoms with Crippen LogP contribution in [0.25, 0.3) is 0 Å². The minimum Gasteiger partial charge on any atom is -0.368 e. The second-order valence-electron chi connectivity index (χ2n) is 3.00. The molecule has 0 aromatic heterocycles. The van der Waals surface area contributed by atoms with Gasteiger partial charge in [-0.15, -0.1) is 0 Å². The van der Waals surface area contributed by atoms with E-state index in [9.17, 15) is 8.42 Å². The first-order chi connectivity index (χ1) is 6.85. The number of hydrazine groups is 1. The molecule has 0 spiro atoms. The highest BCUT2D eigenvalue weighted by atomic mass is 32.2. The Bertz CT molecular complexity index is 466. The molecule has 0 aliphatic carbocycles. The highest BCUT2D eigenvalue weighted by molar-refractivity contribution is 7.89. The van der Waals surface area contributed by atoms with Crippen LogP contribution in [0.2, 0.25) is 0 Å². The lowest BCUT2D eigenvalue weighted by Gasteiger charge is -2.15. The van der Waals surface area contributed by atoms with E-state index in [4.69, 9.17) is 17.0 Å². The minimum absolute atomic E-state index is 0.00537. The average Bonchev–Trinajstić information content (AvgIpc) is 2.17. The summed E-state index contributed by atoms with van der Waals surface area (Å²) >= 11 is 0.